The maximum atomic E-state index is 13.9. The molecule has 1 aromatic rings. The van der Waals surface area contributed by atoms with Crippen molar-refractivity contribution in [3.05, 3.63) is 34.9 Å². The Kier molecular flexibility index (Phi) is 4.85. The first kappa shape index (κ1) is 14.4. The Morgan fingerprint density at radius 2 is 2.21 bits per heavy atom. The molecule has 0 aliphatic carbocycles. The third-order valence-electron chi connectivity index (χ3n) is 3.68. The normalized spacial score (nSPS) is 20.7. The van der Waals surface area contributed by atoms with E-state index in [1.165, 1.54) is 0 Å². The molecular formula is C14H20F2N2O. The molecule has 1 aliphatic rings. The van der Waals surface area contributed by atoms with Gasteiger partial charge in [-0.25, -0.2) is 8.78 Å². The lowest BCUT2D eigenvalue weighted by Gasteiger charge is -2.19. The third kappa shape index (κ3) is 3.29. The maximum absolute atomic E-state index is 13.9. The molecule has 3 N–H and O–H groups in total. The summed E-state index contributed by atoms with van der Waals surface area (Å²) in [5.41, 5.74) is 3.15. The van der Waals surface area contributed by atoms with E-state index in [1.807, 2.05) is 0 Å². The summed E-state index contributed by atoms with van der Waals surface area (Å²) in [4.78, 5) is 0. The Hall–Kier alpha value is -1.04. The zero-order chi connectivity index (χ0) is 13.8. The molecule has 3 nitrogen and oxygen atoms in total. The first-order valence-electron chi connectivity index (χ1n) is 6.65. The monoisotopic (exact) mass is 270 g/mol. The van der Waals surface area contributed by atoms with Crippen molar-refractivity contribution in [1.29, 1.82) is 0 Å². The molecule has 1 aromatic carbocycles. The molecule has 2 unspecified atom stereocenters. The summed E-state index contributed by atoms with van der Waals surface area (Å²) in [6.45, 7) is 2.33. The van der Waals surface area contributed by atoms with Crippen molar-refractivity contribution in [2.24, 2.45) is 5.84 Å². The lowest BCUT2D eigenvalue weighted by Crippen LogP contribution is -2.29. The average Bonchev–Trinajstić information content (AvgIpc) is 2.92. The highest BCUT2D eigenvalue weighted by molar-refractivity contribution is 5.27. The van der Waals surface area contributed by atoms with Crippen LogP contribution in [0.15, 0.2) is 12.1 Å². The molecule has 0 saturated carbocycles. The van der Waals surface area contributed by atoms with Gasteiger partial charge in [-0.1, -0.05) is 12.1 Å². The van der Waals surface area contributed by atoms with Gasteiger partial charge in [-0.05, 0) is 38.2 Å². The van der Waals surface area contributed by atoms with Gasteiger partial charge in [0.05, 0.1) is 6.10 Å². The van der Waals surface area contributed by atoms with Gasteiger partial charge in [-0.2, -0.15) is 0 Å². The predicted molar refractivity (Wildman–Crippen MR) is 69.4 cm³/mol. The van der Waals surface area contributed by atoms with Gasteiger partial charge in [-0.3, -0.25) is 11.3 Å². The van der Waals surface area contributed by atoms with Crippen LogP contribution in [-0.4, -0.2) is 12.7 Å². The molecule has 0 aromatic heterocycles. The average molecular weight is 270 g/mol. The number of nitrogens with one attached hydrogen (secondary N) is 1. The molecule has 1 heterocycles. The van der Waals surface area contributed by atoms with E-state index in [2.05, 4.69) is 5.43 Å². The van der Waals surface area contributed by atoms with Crippen LogP contribution in [0.2, 0.25) is 0 Å². The Labute approximate surface area is 112 Å². The predicted octanol–water partition coefficient (Wildman–Crippen LogP) is 2.74. The van der Waals surface area contributed by atoms with Gasteiger partial charge in [-0.15, -0.1) is 0 Å². The van der Waals surface area contributed by atoms with Gasteiger partial charge in [0, 0.05) is 18.2 Å². The number of rotatable bonds is 5. The summed E-state index contributed by atoms with van der Waals surface area (Å²) in [7, 11) is 0. The number of nitrogens with two attached hydrogens (primary N) is 1. The van der Waals surface area contributed by atoms with Crippen LogP contribution in [0.25, 0.3) is 0 Å². The standard InChI is InChI=1S/C14H20F2N2O/c1-9-4-6-11(14(16)13(9)15)12(18-17)7-5-10-3-2-8-19-10/h4,6,10,12,18H,2-3,5,7-8,17H2,1H3. The summed E-state index contributed by atoms with van der Waals surface area (Å²) >= 11 is 0. The zero-order valence-electron chi connectivity index (χ0n) is 11.1. The molecule has 0 bridgehead atoms. The van der Waals surface area contributed by atoms with E-state index in [9.17, 15) is 8.78 Å². The minimum absolute atomic E-state index is 0.217. The Morgan fingerprint density at radius 1 is 1.42 bits per heavy atom. The van der Waals surface area contributed by atoms with Crippen LogP contribution in [0.1, 0.15) is 42.9 Å². The largest absolute Gasteiger partial charge is 0.378 e. The molecule has 19 heavy (non-hydrogen) atoms. The van der Waals surface area contributed by atoms with Gasteiger partial charge >= 0.3 is 0 Å². The van der Waals surface area contributed by atoms with Crippen LogP contribution in [0.4, 0.5) is 8.78 Å². The van der Waals surface area contributed by atoms with Crippen molar-refractivity contribution < 1.29 is 13.5 Å². The highest BCUT2D eigenvalue weighted by Crippen LogP contribution is 2.27. The lowest BCUT2D eigenvalue weighted by atomic mass is 9.98. The minimum Gasteiger partial charge on any atom is -0.378 e. The smallest absolute Gasteiger partial charge is 0.163 e. The summed E-state index contributed by atoms with van der Waals surface area (Å²) in [6, 6.07) is 2.78. The Bertz CT molecular complexity index is 434. The van der Waals surface area contributed by atoms with Crippen LogP contribution < -0.4 is 11.3 Å². The van der Waals surface area contributed by atoms with Crippen molar-refractivity contribution in [1.82, 2.24) is 5.43 Å². The first-order chi connectivity index (χ1) is 9.13. The number of aryl methyl sites for hydroxylation is 1. The van der Waals surface area contributed by atoms with Gasteiger partial charge < -0.3 is 4.74 Å². The Morgan fingerprint density at radius 3 is 2.84 bits per heavy atom. The molecule has 106 valence electrons. The molecular weight excluding hydrogens is 250 g/mol. The molecule has 2 atom stereocenters. The van der Waals surface area contributed by atoms with E-state index in [0.29, 0.717) is 12.0 Å². The number of hydrazine groups is 1. The number of hydrogen-bond acceptors (Lipinski definition) is 3. The minimum atomic E-state index is -0.810. The number of halogens is 2. The SMILES string of the molecule is Cc1ccc(C(CCC2CCCO2)NN)c(F)c1F. The van der Waals surface area contributed by atoms with E-state index >= 15 is 0 Å². The summed E-state index contributed by atoms with van der Waals surface area (Å²) < 4.78 is 33.0. The molecule has 5 heteroatoms. The quantitative estimate of drug-likeness (QED) is 0.639. The zero-order valence-corrected chi connectivity index (χ0v) is 11.1. The summed E-state index contributed by atoms with van der Waals surface area (Å²) in [5, 5.41) is 0. The number of benzene rings is 1. The molecule has 1 aliphatic heterocycles. The van der Waals surface area contributed by atoms with Crippen molar-refractivity contribution >= 4 is 0 Å². The molecule has 0 radical (unpaired) electrons. The van der Waals surface area contributed by atoms with E-state index in [0.717, 1.165) is 25.9 Å². The fourth-order valence-corrected chi connectivity index (χ4v) is 2.48. The van der Waals surface area contributed by atoms with Crippen molar-refractivity contribution in [3.8, 4) is 0 Å². The van der Waals surface area contributed by atoms with Crippen LogP contribution in [0.3, 0.4) is 0 Å². The fourth-order valence-electron chi connectivity index (χ4n) is 2.48. The van der Waals surface area contributed by atoms with E-state index in [-0.39, 0.29) is 17.7 Å². The second kappa shape index (κ2) is 6.41. The van der Waals surface area contributed by atoms with E-state index < -0.39 is 11.6 Å². The molecule has 0 spiro atoms. The summed E-state index contributed by atoms with van der Waals surface area (Å²) in [6.07, 6.45) is 3.74. The van der Waals surface area contributed by atoms with Crippen LogP contribution >= 0.6 is 0 Å². The number of hydrogen-bond donors (Lipinski definition) is 2. The molecule has 1 fully saturated rings. The van der Waals surface area contributed by atoms with Crippen molar-refractivity contribution in [2.75, 3.05) is 6.61 Å². The topological polar surface area (TPSA) is 47.3 Å². The molecule has 1 saturated heterocycles. The van der Waals surface area contributed by atoms with Crippen molar-refractivity contribution in [2.45, 2.75) is 44.8 Å². The van der Waals surface area contributed by atoms with Gasteiger partial charge in [0.25, 0.3) is 0 Å². The van der Waals surface area contributed by atoms with E-state index in [4.69, 9.17) is 10.6 Å². The van der Waals surface area contributed by atoms with Crippen LogP contribution in [0.5, 0.6) is 0 Å². The fraction of sp³-hybridized carbons (Fsp3) is 0.571. The van der Waals surface area contributed by atoms with Gasteiger partial charge in [0.2, 0.25) is 0 Å². The van der Waals surface area contributed by atoms with Gasteiger partial charge in [0.15, 0.2) is 11.6 Å². The second-order valence-corrected chi connectivity index (χ2v) is 5.03. The van der Waals surface area contributed by atoms with E-state index in [1.54, 1.807) is 19.1 Å². The third-order valence-corrected chi connectivity index (χ3v) is 3.68. The first-order valence-corrected chi connectivity index (χ1v) is 6.65. The Balaban J connectivity index is 2.06. The molecule has 0 amide bonds. The lowest BCUT2D eigenvalue weighted by molar-refractivity contribution is 0.0994. The van der Waals surface area contributed by atoms with Gasteiger partial charge in [0.1, 0.15) is 0 Å². The van der Waals surface area contributed by atoms with Crippen LogP contribution in [-0.2, 0) is 4.74 Å². The highest BCUT2D eigenvalue weighted by atomic mass is 19.2. The summed E-state index contributed by atoms with van der Waals surface area (Å²) in [5.74, 6) is 3.86. The maximum Gasteiger partial charge on any atom is 0.163 e. The van der Waals surface area contributed by atoms with Crippen molar-refractivity contribution in [3.63, 3.8) is 0 Å². The molecule has 2 rings (SSSR count). The highest BCUT2D eigenvalue weighted by Gasteiger charge is 2.22. The van der Waals surface area contributed by atoms with Crippen LogP contribution in [0, 0.1) is 18.6 Å². The second-order valence-electron chi connectivity index (χ2n) is 5.03. The number of ether oxygens (including phenoxy) is 1.